The standard InChI is InChI=1S/C28H36F3N5O6/c1-27(2)41-25-20(33-23-13-32-12-22(34-23)28(29,30)31)16-40-21(26(25)42-27)15-36-10-8-35(9-11-36)14-18-4-6-19(7-5-18)39-17-24(37)38-3/h4-7,12-13,20-21,25-26H,8-11,14-17H2,1-3H3,(H,33,34)/t20-,21+,25+,26-/m0/s1. The molecule has 0 unspecified atom stereocenters. The van der Waals surface area contributed by atoms with Crippen LogP contribution in [-0.2, 0) is 36.5 Å². The van der Waals surface area contributed by atoms with Crippen LogP contribution in [0.25, 0.3) is 0 Å². The van der Waals surface area contributed by atoms with Gasteiger partial charge in [-0.25, -0.2) is 9.78 Å². The number of esters is 1. The highest BCUT2D eigenvalue weighted by molar-refractivity contribution is 5.70. The molecule has 0 spiro atoms. The van der Waals surface area contributed by atoms with E-state index in [2.05, 4.69) is 29.8 Å². The SMILES string of the molecule is COC(=O)COc1ccc(CN2CCN(C[C@H]3OC[C@H](Nc4cncc(C(F)(F)F)n4)[C@H]4OC(C)(C)O[C@H]43)CC2)cc1. The Labute approximate surface area is 242 Å². The second kappa shape index (κ2) is 12.7. The molecule has 1 N–H and O–H groups in total. The average molecular weight is 596 g/mol. The number of hydrogen-bond acceptors (Lipinski definition) is 11. The molecule has 0 bridgehead atoms. The molecule has 3 aliphatic heterocycles. The molecule has 5 rings (SSSR count). The molecule has 1 aromatic carbocycles. The van der Waals surface area contributed by atoms with Crippen molar-refractivity contribution in [2.24, 2.45) is 0 Å². The number of halogens is 3. The van der Waals surface area contributed by atoms with Gasteiger partial charge in [-0.3, -0.25) is 14.8 Å². The summed E-state index contributed by atoms with van der Waals surface area (Å²) in [6.45, 7) is 8.64. The quantitative estimate of drug-likeness (QED) is 0.433. The number of alkyl halides is 3. The van der Waals surface area contributed by atoms with Gasteiger partial charge in [0.05, 0.1) is 38.3 Å². The lowest BCUT2D eigenvalue weighted by Gasteiger charge is -2.41. The Kier molecular flexibility index (Phi) is 9.18. The van der Waals surface area contributed by atoms with E-state index in [1.54, 1.807) is 0 Å². The highest BCUT2D eigenvalue weighted by atomic mass is 19.4. The normalized spacial score (nSPS) is 26.4. The van der Waals surface area contributed by atoms with Gasteiger partial charge in [0.15, 0.2) is 18.1 Å². The Hall–Kier alpha value is -3.04. The van der Waals surface area contributed by atoms with Gasteiger partial charge in [0, 0.05) is 39.3 Å². The summed E-state index contributed by atoms with van der Waals surface area (Å²) < 4.78 is 68.0. The molecule has 3 fully saturated rings. The van der Waals surface area contributed by atoms with Crippen LogP contribution >= 0.6 is 0 Å². The van der Waals surface area contributed by atoms with Gasteiger partial charge >= 0.3 is 12.1 Å². The van der Waals surface area contributed by atoms with E-state index in [-0.39, 0.29) is 25.1 Å². The molecule has 4 atom stereocenters. The number of nitrogens with zero attached hydrogens (tertiary/aromatic N) is 4. The lowest BCUT2D eigenvalue weighted by molar-refractivity contribution is -0.156. The van der Waals surface area contributed by atoms with Crippen molar-refractivity contribution in [1.82, 2.24) is 19.8 Å². The van der Waals surface area contributed by atoms with Crippen molar-refractivity contribution < 1.29 is 41.7 Å². The van der Waals surface area contributed by atoms with Gasteiger partial charge in [0.1, 0.15) is 23.8 Å². The predicted molar refractivity (Wildman–Crippen MR) is 144 cm³/mol. The van der Waals surface area contributed by atoms with Crippen LogP contribution in [0.4, 0.5) is 19.0 Å². The first-order valence-corrected chi connectivity index (χ1v) is 13.9. The molecule has 1 aromatic heterocycles. The molecule has 0 aliphatic carbocycles. The first-order valence-electron chi connectivity index (χ1n) is 13.9. The number of benzene rings is 1. The maximum absolute atomic E-state index is 13.1. The Morgan fingerprint density at radius 1 is 1.07 bits per heavy atom. The summed E-state index contributed by atoms with van der Waals surface area (Å²) in [5, 5.41) is 3.02. The Morgan fingerprint density at radius 3 is 2.45 bits per heavy atom. The van der Waals surface area contributed by atoms with Crippen molar-refractivity contribution in [3.8, 4) is 5.75 Å². The summed E-state index contributed by atoms with van der Waals surface area (Å²) in [4.78, 5) is 23.3. The second-order valence-electron chi connectivity index (χ2n) is 11.1. The van der Waals surface area contributed by atoms with Crippen LogP contribution < -0.4 is 10.1 Å². The van der Waals surface area contributed by atoms with Crippen molar-refractivity contribution >= 4 is 11.8 Å². The summed E-state index contributed by atoms with van der Waals surface area (Å²) in [5.41, 5.74) is 0.0819. The number of nitrogens with one attached hydrogen (secondary N) is 1. The Bertz CT molecular complexity index is 1210. The van der Waals surface area contributed by atoms with Crippen molar-refractivity contribution in [3.05, 3.63) is 47.9 Å². The monoisotopic (exact) mass is 595 g/mol. The summed E-state index contributed by atoms with van der Waals surface area (Å²) >= 11 is 0. The zero-order valence-electron chi connectivity index (χ0n) is 23.8. The zero-order chi connectivity index (χ0) is 29.9. The van der Waals surface area contributed by atoms with E-state index in [1.165, 1.54) is 13.3 Å². The van der Waals surface area contributed by atoms with Gasteiger partial charge in [0.2, 0.25) is 0 Å². The smallest absolute Gasteiger partial charge is 0.434 e. The van der Waals surface area contributed by atoms with Crippen molar-refractivity contribution in [2.75, 3.05) is 58.4 Å². The Balaban J connectivity index is 1.12. The first kappa shape index (κ1) is 30.4. The number of carbonyl (C=O) groups excluding carboxylic acids is 1. The highest BCUT2D eigenvalue weighted by Crippen LogP contribution is 2.37. The van der Waals surface area contributed by atoms with E-state index in [1.807, 2.05) is 38.1 Å². The number of piperazine rings is 1. The largest absolute Gasteiger partial charge is 0.482 e. The number of methoxy groups -OCH3 is 1. The van der Waals surface area contributed by atoms with Crippen LogP contribution in [-0.4, -0.2) is 109 Å². The van der Waals surface area contributed by atoms with Crippen LogP contribution in [0.2, 0.25) is 0 Å². The van der Waals surface area contributed by atoms with E-state index < -0.39 is 41.9 Å². The minimum absolute atomic E-state index is 0.00316. The summed E-state index contributed by atoms with van der Waals surface area (Å²) in [5.74, 6) is -0.674. The zero-order valence-corrected chi connectivity index (χ0v) is 23.8. The topological polar surface area (TPSA) is 108 Å². The number of ether oxygens (including phenoxy) is 5. The maximum atomic E-state index is 13.1. The summed E-state index contributed by atoms with van der Waals surface area (Å²) in [6, 6.07) is 7.21. The molecule has 3 aliphatic rings. The molecule has 11 nitrogen and oxygen atoms in total. The maximum Gasteiger partial charge on any atom is 0.434 e. The molecule has 0 saturated carbocycles. The molecule has 3 saturated heterocycles. The van der Waals surface area contributed by atoms with E-state index in [9.17, 15) is 18.0 Å². The van der Waals surface area contributed by atoms with Crippen LogP contribution in [0.15, 0.2) is 36.7 Å². The van der Waals surface area contributed by atoms with Crippen LogP contribution in [0, 0.1) is 0 Å². The fraction of sp³-hybridized carbons (Fsp3) is 0.607. The molecule has 0 radical (unpaired) electrons. The van der Waals surface area contributed by atoms with Gasteiger partial charge in [-0.05, 0) is 31.5 Å². The number of fused-ring (bicyclic) bond motifs is 1. The molecular formula is C28H36F3N5O6. The minimum Gasteiger partial charge on any atom is -0.482 e. The van der Waals surface area contributed by atoms with E-state index in [0.717, 1.165) is 38.3 Å². The van der Waals surface area contributed by atoms with E-state index in [4.69, 9.17) is 18.9 Å². The third-order valence-electron chi connectivity index (χ3n) is 7.49. The van der Waals surface area contributed by atoms with Gasteiger partial charge in [0.25, 0.3) is 0 Å². The van der Waals surface area contributed by atoms with Crippen molar-refractivity contribution in [1.29, 1.82) is 0 Å². The molecule has 14 heteroatoms. The van der Waals surface area contributed by atoms with Gasteiger partial charge < -0.3 is 29.0 Å². The summed E-state index contributed by atoms with van der Waals surface area (Å²) in [6.07, 6.45) is -3.73. The molecule has 0 amide bonds. The van der Waals surface area contributed by atoms with Crippen LogP contribution in [0.1, 0.15) is 25.1 Å². The number of carbonyl (C=O) groups is 1. The molecule has 4 heterocycles. The van der Waals surface area contributed by atoms with E-state index >= 15 is 0 Å². The van der Waals surface area contributed by atoms with Crippen LogP contribution in [0.3, 0.4) is 0 Å². The third-order valence-corrected chi connectivity index (χ3v) is 7.49. The predicted octanol–water partition coefficient (Wildman–Crippen LogP) is 2.56. The number of aromatic nitrogens is 2. The summed E-state index contributed by atoms with van der Waals surface area (Å²) in [7, 11) is 1.32. The van der Waals surface area contributed by atoms with Gasteiger partial charge in [-0.1, -0.05) is 12.1 Å². The molecule has 42 heavy (non-hydrogen) atoms. The number of hydrogen-bond donors (Lipinski definition) is 1. The third kappa shape index (κ3) is 7.67. The Morgan fingerprint density at radius 2 is 1.76 bits per heavy atom. The van der Waals surface area contributed by atoms with Crippen molar-refractivity contribution in [3.63, 3.8) is 0 Å². The fourth-order valence-electron chi connectivity index (χ4n) is 5.41. The van der Waals surface area contributed by atoms with E-state index in [0.29, 0.717) is 18.5 Å². The number of rotatable bonds is 9. The first-order chi connectivity index (χ1) is 20.0. The lowest BCUT2D eigenvalue weighted by Crippen LogP contribution is -2.58. The van der Waals surface area contributed by atoms with Crippen molar-refractivity contribution in [2.45, 2.75) is 56.7 Å². The number of anilines is 1. The highest BCUT2D eigenvalue weighted by Gasteiger charge is 2.52. The molecule has 2 aromatic rings. The van der Waals surface area contributed by atoms with Crippen LogP contribution in [0.5, 0.6) is 5.75 Å². The average Bonchev–Trinajstić information content (AvgIpc) is 3.30. The molecule has 230 valence electrons. The van der Waals surface area contributed by atoms with Gasteiger partial charge in [-0.15, -0.1) is 0 Å². The minimum atomic E-state index is -4.59. The van der Waals surface area contributed by atoms with Gasteiger partial charge in [-0.2, -0.15) is 13.2 Å². The fourth-order valence-corrected chi connectivity index (χ4v) is 5.41. The lowest BCUT2D eigenvalue weighted by atomic mass is 9.97. The molecular weight excluding hydrogens is 559 g/mol. The second-order valence-corrected chi connectivity index (χ2v) is 11.1.